The molecule has 1 aromatic heterocycles. The molecule has 0 radical (unpaired) electrons. The number of hydrogen-bond donors (Lipinski definition) is 2. The van der Waals surface area contributed by atoms with Gasteiger partial charge in [-0.2, -0.15) is 0 Å². The summed E-state index contributed by atoms with van der Waals surface area (Å²) in [5, 5.41) is 6.29. The van der Waals surface area contributed by atoms with E-state index in [-0.39, 0.29) is 5.91 Å². The van der Waals surface area contributed by atoms with E-state index in [1.807, 2.05) is 37.3 Å². The van der Waals surface area contributed by atoms with Crippen molar-refractivity contribution < 1.29 is 13.9 Å². The molecule has 0 unspecified atom stereocenters. The lowest BCUT2D eigenvalue weighted by Crippen LogP contribution is -2.46. The van der Waals surface area contributed by atoms with Crippen molar-refractivity contribution in [2.45, 2.75) is 39.0 Å². The van der Waals surface area contributed by atoms with Crippen molar-refractivity contribution in [1.82, 2.24) is 15.5 Å². The van der Waals surface area contributed by atoms with Gasteiger partial charge in [-0.1, -0.05) is 12.1 Å². The number of piperidine rings is 1. The Hall–Kier alpha value is -2.80. The van der Waals surface area contributed by atoms with Crippen LogP contribution in [0.15, 0.2) is 52.1 Å². The second kappa shape index (κ2) is 10.7. The highest BCUT2D eigenvalue weighted by Crippen LogP contribution is 2.14. The molecule has 0 bridgehead atoms. The van der Waals surface area contributed by atoms with Gasteiger partial charge in [-0.3, -0.25) is 9.79 Å². The smallest absolute Gasteiger partial charge is 0.251 e. The van der Waals surface area contributed by atoms with Crippen LogP contribution in [0.5, 0.6) is 0 Å². The molecule has 7 nitrogen and oxygen atoms in total. The van der Waals surface area contributed by atoms with Crippen LogP contribution >= 0.6 is 0 Å². The zero-order valence-electron chi connectivity index (χ0n) is 17.2. The van der Waals surface area contributed by atoms with Crippen molar-refractivity contribution in [3.05, 3.63) is 59.5 Å². The Labute approximate surface area is 172 Å². The maximum atomic E-state index is 12.4. The largest absolute Gasteiger partial charge is 0.467 e. The summed E-state index contributed by atoms with van der Waals surface area (Å²) in [4.78, 5) is 19.1. The first-order valence-corrected chi connectivity index (χ1v) is 10.2. The third-order valence-corrected chi connectivity index (χ3v) is 5.00. The number of carbonyl (C=O) groups is 1. The molecule has 0 aliphatic carbocycles. The molecule has 1 aliphatic rings. The van der Waals surface area contributed by atoms with E-state index in [4.69, 9.17) is 9.15 Å². The zero-order valence-corrected chi connectivity index (χ0v) is 17.2. The van der Waals surface area contributed by atoms with Crippen LogP contribution in [0.3, 0.4) is 0 Å². The molecule has 1 aliphatic heterocycles. The van der Waals surface area contributed by atoms with Crippen LogP contribution < -0.4 is 10.6 Å². The number of nitrogens with zero attached hydrogens (tertiary/aromatic N) is 2. The van der Waals surface area contributed by atoms with Crippen LogP contribution in [0.1, 0.15) is 41.4 Å². The number of ether oxygens (including phenoxy) is 1. The van der Waals surface area contributed by atoms with Crippen LogP contribution in [0.2, 0.25) is 0 Å². The topological polar surface area (TPSA) is 79.1 Å². The molecular weight excluding hydrogens is 368 g/mol. The van der Waals surface area contributed by atoms with E-state index >= 15 is 0 Å². The predicted molar refractivity (Wildman–Crippen MR) is 113 cm³/mol. The summed E-state index contributed by atoms with van der Waals surface area (Å²) in [6.07, 6.45) is 3.98. The number of likely N-dealkylation sites (tertiary alicyclic amines) is 1. The fourth-order valence-corrected chi connectivity index (χ4v) is 3.49. The molecule has 0 spiro atoms. The van der Waals surface area contributed by atoms with Crippen LogP contribution in [0.25, 0.3) is 0 Å². The Kier molecular flexibility index (Phi) is 7.69. The molecule has 3 rings (SSSR count). The van der Waals surface area contributed by atoms with Gasteiger partial charge >= 0.3 is 0 Å². The lowest BCUT2D eigenvalue weighted by atomic mass is 10.1. The fraction of sp³-hybridized carbons (Fsp3) is 0.455. The van der Waals surface area contributed by atoms with Crippen molar-refractivity contribution in [2.75, 3.05) is 26.7 Å². The van der Waals surface area contributed by atoms with Crippen LogP contribution in [0.4, 0.5) is 0 Å². The molecule has 1 amide bonds. The van der Waals surface area contributed by atoms with Crippen molar-refractivity contribution in [3.8, 4) is 0 Å². The van der Waals surface area contributed by atoms with Gasteiger partial charge in [-0.05, 0) is 49.6 Å². The maximum Gasteiger partial charge on any atom is 0.251 e. The van der Waals surface area contributed by atoms with Gasteiger partial charge in [0.15, 0.2) is 5.96 Å². The van der Waals surface area contributed by atoms with Gasteiger partial charge in [-0.25, -0.2) is 0 Å². The van der Waals surface area contributed by atoms with E-state index in [2.05, 4.69) is 20.5 Å². The lowest BCUT2D eigenvalue weighted by Gasteiger charge is -2.34. The fourth-order valence-electron chi connectivity index (χ4n) is 3.49. The molecule has 2 aromatic rings. The lowest BCUT2D eigenvalue weighted by molar-refractivity contribution is 0.0263. The average molecular weight is 399 g/mol. The van der Waals surface area contributed by atoms with Crippen LogP contribution in [0, 0.1) is 0 Å². The average Bonchev–Trinajstić information content (AvgIpc) is 3.28. The number of rotatable bonds is 7. The molecule has 29 heavy (non-hydrogen) atoms. The monoisotopic (exact) mass is 398 g/mol. The predicted octanol–water partition coefficient (Wildman–Crippen LogP) is 2.79. The van der Waals surface area contributed by atoms with E-state index in [1.165, 1.54) is 0 Å². The first-order chi connectivity index (χ1) is 14.2. The first-order valence-electron chi connectivity index (χ1n) is 10.2. The molecule has 2 heterocycles. The highest BCUT2D eigenvalue weighted by atomic mass is 16.5. The second-order valence-electron chi connectivity index (χ2n) is 7.00. The molecule has 0 atom stereocenters. The Morgan fingerprint density at radius 2 is 2.03 bits per heavy atom. The zero-order chi connectivity index (χ0) is 20.5. The molecule has 1 fully saturated rings. The highest BCUT2D eigenvalue weighted by molar-refractivity contribution is 5.94. The van der Waals surface area contributed by atoms with E-state index < -0.39 is 0 Å². The number of carbonyl (C=O) groups excluding carboxylic acids is 1. The SMILES string of the molecule is CCOC1CCN(C(=NC)NCc2cccc(C(=O)NCc3ccco3)c2)CC1. The molecule has 0 saturated carbocycles. The van der Waals surface area contributed by atoms with Gasteiger partial charge in [0.1, 0.15) is 5.76 Å². The maximum absolute atomic E-state index is 12.4. The normalized spacial score (nSPS) is 15.4. The summed E-state index contributed by atoms with van der Waals surface area (Å²) in [6.45, 7) is 5.65. The van der Waals surface area contributed by atoms with Crippen molar-refractivity contribution in [2.24, 2.45) is 4.99 Å². The second-order valence-corrected chi connectivity index (χ2v) is 7.00. The molecule has 7 heteroatoms. The minimum absolute atomic E-state index is 0.120. The summed E-state index contributed by atoms with van der Waals surface area (Å²) in [5.74, 6) is 1.49. The molecule has 156 valence electrons. The summed E-state index contributed by atoms with van der Waals surface area (Å²) in [5.41, 5.74) is 1.66. The minimum atomic E-state index is -0.120. The van der Waals surface area contributed by atoms with Gasteiger partial charge in [0.05, 0.1) is 18.9 Å². The van der Waals surface area contributed by atoms with Crippen molar-refractivity contribution in [3.63, 3.8) is 0 Å². The van der Waals surface area contributed by atoms with E-state index in [9.17, 15) is 4.79 Å². The van der Waals surface area contributed by atoms with Crippen LogP contribution in [-0.2, 0) is 17.8 Å². The Bertz CT molecular complexity index is 796. The number of guanidine groups is 1. The standard InChI is InChI=1S/C22H30N4O3/c1-3-28-19-9-11-26(12-10-19)22(23-2)25-15-17-6-4-7-18(14-17)21(27)24-16-20-8-5-13-29-20/h4-8,13-14,19H,3,9-12,15-16H2,1-2H3,(H,23,25)(H,24,27). The quantitative estimate of drug-likeness (QED) is 0.554. The third-order valence-electron chi connectivity index (χ3n) is 5.00. The number of benzene rings is 1. The van der Waals surface area contributed by atoms with Gasteiger partial charge in [0.2, 0.25) is 0 Å². The number of amides is 1. The number of furan rings is 1. The third kappa shape index (κ3) is 6.09. The van der Waals surface area contributed by atoms with E-state index in [0.29, 0.717) is 24.8 Å². The van der Waals surface area contributed by atoms with Gasteiger partial charge in [-0.15, -0.1) is 0 Å². The molecule has 1 saturated heterocycles. The summed E-state index contributed by atoms with van der Waals surface area (Å²) < 4.78 is 11.0. The van der Waals surface area contributed by atoms with Gasteiger partial charge in [0, 0.05) is 38.9 Å². The summed E-state index contributed by atoms with van der Waals surface area (Å²) in [6, 6.07) is 11.3. The minimum Gasteiger partial charge on any atom is -0.467 e. The number of aliphatic imine (C=N–C) groups is 1. The van der Waals surface area contributed by atoms with Crippen molar-refractivity contribution in [1.29, 1.82) is 0 Å². The van der Waals surface area contributed by atoms with Gasteiger partial charge in [0.25, 0.3) is 5.91 Å². The number of nitrogens with one attached hydrogen (secondary N) is 2. The van der Waals surface area contributed by atoms with E-state index in [1.54, 1.807) is 19.4 Å². The van der Waals surface area contributed by atoms with E-state index in [0.717, 1.165) is 49.8 Å². The van der Waals surface area contributed by atoms with Crippen molar-refractivity contribution >= 4 is 11.9 Å². The molecular formula is C22H30N4O3. The summed E-state index contributed by atoms with van der Waals surface area (Å²) in [7, 11) is 1.80. The first kappa shape index (κ1) is 20.9. The van der Waals surface area contributed by atoms with Gasteiger partial charge < -0.3 is 24.7 Å². The molecule has 2 N–H and O–H groups in total. The highest BCUT2D eigenvalue weighted by Gasteiger charge is 2.21. The Morgan fingerprint density at radius 3 is 2.72 bits per heavy atom. The van der Waals surface area contributed by atoms with Crippen LogP contribution in [-0.4, -0.2) is 49.6 Å². The summed E-state index contributed by atoms with van der Waals surface area (Å²) >= 11 is 0. The Balaban J connectivity index is 1.51. The molecule has 1 aromatic carbocycles. The Morgan fingerprint density at radius 1 is 1.21 bits per heavy atom. The number of hydrogen-bond acceptors (Lipinski definition) is 4.